The summed E-state index contributed by atoms with van der Waals surface area (Å²) in [5.74, 6) is 0. The average molecular weight is 220 g/mol. The number of benzene rings is 1. The van der Waals surface area contributed by atoms with Gasteiger partial charge in [0, 0.05) is 12.2 Å². The van der Waals surface area contributed by atoms with Gasteiger partial charge in [0.25, 0.3) is 0 Å². The molecule has 1 fully saturated rings. The molecule has 0 spiro atoms. The van der Waals surface area contributed by atoms with Crippen LogP contribution in [0.1, 0.15) is 28.8 Å². The Morgan fingerprint density at radius 1 is 1.44 bits per heavy atom. The fourth-order valence-electron chi connectivity index (χ4n) is 1.86. The molecule has 86 valence electrons. The Labute approximate surface area is 95.4 Å². The lowest BCUT2D eigenvalue weighted by Gasteiger charge is -2.10. The molecule has 0 N–H and O–H groups in total. The maximum absolute atomic E-state index is 10.8. The van der Waals surface area contributed by atoms with Crippen LogP contribution in [0.5, 0.6) is 0 Å². The molecule has 1 aromatic rings. The van der Waals surface area contributed by atoms with Crippen LogP contribution in [-0.2, 0) is 16.1 Å². The zero-order chi connectivity index (χ0) is 11.2. The van der Waals surface area contributed by atoms with Gasteiger partial charge in [-0.2, -0.15) is 0 Å². The molecular weight excluding hydrogens is 204 g/mol. The lowest BCUT2D eigenvalue weighted by molar-refractivity contribution is 0.0105. The molecule has 2 rings (SSSR count). The Bertz CT molecular complexity index is 343. The highest BCUT2D eigenvalue weighted by Gasteiger charge is 2.15. The first-order valence-electron chi connectivity index (χ1n) is 5.62. The van der Waals surface area contributed by atoms with Crippen molar-refractivity contribution in [1.82, 2.24) is 0 Å². The minimum Gasteiger partial charge on any atom is -0.376 e. The number of carbonyl (C=O) groups excluding carboxylic acids is 1. The second-order valence-corrected chi connectivity index (χ2v) is 3.97. The van der Waals surface area contributed by atoms with E-state index >= 15 is 0 Å². The van der Waals surface area contributed by atoms with Crippen molar-refractivity contribution < 1.29 is 14.3 Å². The van der Waals surface area contributed by atoms with Gasteiger partial charge >= 0.3 is 0 Å². The number of hydrogen-bond donors (Lipinski definition) is 0. The molecule has 1 heterocycles. The van der Waals surface area contributed by atoms with Crippen LogP contribution in [0.3, 0.4) is 0 Å². The van der Waals surface area contributed by atoms with Crippen LogP contribution >= 0.6 is 0 Å². The second kappa shape index (κ2) is 5.77. The third-order valence-electron chi connectivity index (χ3n) is 2.77. The van der Waals surface area contributed by atoms with Gasteiger partial charge in [0.15, 0.2) is 0 Å². The average Bonchev–Trinajstić information content (AvgIpc) is 2.83. The summed E-state index contributed by atoms with van der Waals surface area (Å²) in [5, 5.41) is 0. The largest absolute Gasteiger partial charge is 0.376 e. The van der Waals surface area contributed by atoms with E-state index in [1.165, 1.54) is 0 Å². The van der Waals surface area contributed by atoms with E-state index in [-0.39, 0.29) is 6.10 Å². The fourth-order valence-corrected chi connectivity index (χ4v) is 1.86. The zero-order valence-electron chi connectivity index (χ0n) is 9.22. The molecule has 0 amide bonds. The summed E-state index contributed by atoms with van der Waals surface area (Å²) in [6, 6.07) is 7.49. The molecule has 1 atom stereocenters. The Morgan fingerprint density at radius 3 is 3.06 bits per heavy atom. The Morgan fingerprint density at radius 2 is 2.31 bits per heavy atom. The summed E-state index contributed by atoms with van der Waals surface area (Å²) in [5.41, 5.74) is 1.64. The highest BCUT2D eigenvalue weighted by atomic mass is 16.5. The number of hydrogen-bond acceptors (Lipinski definition) is 3. The van der Waals surface area contributed by atoms with Crippen molar-refractivity contribution in [2.24, 2.45) is 0 Å². The van der Waals surface area contributed by atoms with Crippen LogP contribution in [0.25, 0.3) is 0 Å². The minimum atomic E-state index is 0.239. The maximum Gasteiger partial charge on any atom is 0.150 e. The minimum absolute atomic E-state index is 0.239. The summed E-state index contributed by atoms with van der Waals surface area (Å²) in [6.07, 6.45) is 3.31. The topological polar surface area (TPSA) is 35.5 Å². The van der Waals surface area contributed by atoms with E-state index in [4.69, 9.17) is 9.47 Å². The molecule has 0 bridgehead atoms. The molecular formula is C13H16O3. The van der Waals surface area contributed by atoms with Gasteiger partial charge in [-0.15, -0.1) is 0 Å². The third-order valence-corrected chi connectivity index (χ3v) is 2.77. The fraction of sp³-hybridized carbons (Fsp3) is 0.462. The summed E-state index contributed by atoms with van der Waals surface area (Å²) < 4.78 is 11.0. The van der Waals surface area contributed by atoms with Crippen LogP contribution in [0.2, 0.25) is 0 Å². The number of rotatable bonds is 5. The molecule has 0 saturated carbocycles. The Kier molecular flexibility index (Phi) is 4.08. The number of carbonyl (C=O) groups is 1. The van der Waals surface area contributed by atoms with Crippen LogP contribution < -0.4 is 0 Å². The number of aldehydes is 1. The van der Waals surface area contributed by atoms with Gasteiger partial charge in [-0.1, -0.05) is 24.3 Å². The van der Waals surface area contributed by atoms with E-state index in [1.54, 1.807) is 6.07 Å². The highest BCUT2D eigenvalue weighted by molar-refractivity contribution is 5.76. The Hall–Kier alpha value is -1.19. The SMILES string of the molecule is O=Cc1ccccc1COC[C@H]1CCCO1. The molecule has 0 radical (unpaired) electrons. The van der Waals surface area contributed by atoms with E-state index < -0.39 is 0 Å². The van der Waals surface area contributed by atoms with Crippen molar-refractivity contribution in [3.05, 3.63) is 35.4 Å². The predicted molar refractivity (Wildman–Crippen MR) is 60.5 cm³/mol. The molecule has 1 aliphatic rings. The van der Waals surface area contributed by atoms with Gasteiger partial charge in [-0.25, -0.2) is 0 Å². The molecule has 16 heavy (non-hydrogen) atoms. The van der Waals surface area contributed by atoms with Crippen molar-refractivity contribution in [2.45, 2.75) is 25.6 Å². The first-order chi connectivity index (χ1) is 7.90. The molecule has 3 nitrogen and oxygen atoms in total. The van der Waals surface area contributed by atoms with Crippen LogP contribution in [0.15, 0.2) is 24.3 Å². The quantitative estimate of drug-likeness (QED) is 0.713. The highest BCUT2D eigenvalue weighted by Crippen LogP contribution is 2.13. The van der Waals surface area contributed by atoms with Crippen molar-refractivity contribution in [1.29, 1.82) is 0 Å². The first kappa shape index (κ1) is 11.3. The standard InChI is InChI=1S/C13H16O3/c14-8-11-4-1-2-5-12(11)9-15-10-13-6-3-7-16-13/h1-2,4-5,8,13H,3,6-7,9-10H2/t13-/m1/s1. The molecule has 0 unspecified atom stereocenters. The second-order valence-electron chi connectivity index (χ2n) is 3.97. The first-order valence-corrected chi connectivity index (χ1v) is 5.62. The maximum atomic E-state index is 10.8. The third kappa shape index (κ3) is 2.90. The van der Waals surface area contributed by atoms with Crippen molar-refractivity contribution >= 4 is 6.29 Å². The van der Waals surface area contributed by atoms with Gasteiger partial charge in [0.2, 0.25) is 0 Å². The molecule has 0 aliphatic carbocycles. The van der Waals surface area contributed by atoms with Crippen molar-refractivity contribution in [3.63, 3.8) is 0 Å². The van der Waals surface area contributed by atoms with Crippen molar-refractivity contribution in [2.75, 3.05) is 13.2 Å². The normalized spacial score (nSPS) is 19.9. The summed E-state index contributed by atoms with van der Waals surface area (Å²) >= 11 is 0. The Balaban J connectivity index is 1.82. The van der Waals surface area contributed by atoms with Crippen molar-refractivity contribution in [3.8, 4) is 0 Å². The van der Waals surface area contributed by atoms with E-state index in [2.05, 4.69) is 0 Å². The van der Waals surface area contributed by atoms with E-state index in [9.17, 15) is 4.79 Å². The molecule has 3 heteroatoms. The van der Waals surface area contributed by atoms with Crippen LogP contribution in [-0.4, -0.2) is 25.6 Å². The van der Waals surface area contributed by atoms with E-state index in [0.717, 1.165) is 31.3 Å². The smallest absolute Gasteiger partial charge is 0.150 e. The summed E-state index contributed by atoms with van der Waals surface area (Å²) in [7, 11) is 0. The van der Waals surface area contributed by atoms with Crippen LogP contribution in [0, 0.1) is 0 Å². The van der Waals surface area contributed by atoms with Gasteiger partial charge in [-0.3, -0.25) is 4.79 Å². The molecule has 1 saturated heterocycles. The van der Waals surface area contributed by atoms with Crippen LogP contribution in [0.4, 0.5) is 0 Å². The van der Waals surface area contributed by atoms with E-state index in [1.807, 2.05) is 18.2 Å². The predicted octanol–water partition coefficient (Wildman–Crippen LogP) is 2.19. The van der Waals surface area contributed by atoms with Gasteiger partial charge in [0.1, 0.15) is 6.29 Å². The van der Waals surface area contributed by atoms with Gasteiger partial charge < -0.3 is 9.47 Å². The molecule has 1 aliphatic heterocycles. The van der Waals surface area contributed by atoms with Gasteiger partial charge in [0.05, 0.1) is 19.3 Å². The summed E-state index contributed by atoms with van der Waals surface area (Å²) in [4.78, 5) is 10.8. The summed E-state index contributed by atoms with van der Waals surface area (Å²) in [6.45, 7) is 1.95. The lowest BCUT2D eigenvalue weighted by Crippen LogP contribution is -2.14. The zero-order valence-corrected chi connectivity index (χ0v) is 9.22. The number of ether oxygens (including phenoxy) is 2. The lowest BCUT2D eigenvalue weighted by atomic mass is 10.1. The van der Waals surface area contributed by atoms with E-state index in [0.29, 0.717) is 18.8 Å². The molecule has 0 aromatic heterocycles. The molecule has 1 aromatic carbocycles. The van der Waals surface area contributed by atoms with Gasteiger partial charge in [-0.05, 0) is 18.4 Å². The monoisotopic (exact) mass is 220 g/mol.